The number of para-hydroxylation sites is 1. The third-order valence-electron chi connectivity index (χ3n) is 3.22. The van der Waals surface area contributed by atoms with Crippen molar-refractivity contribution >= 4 is 10.0 Å². The summed E-state index contributed by atoms with van der Waals surface area (Å²) in [5.74, 6) is 0.183. The number of halogens is 1. The van der Waals surface area contributed by atoms with Gasteiger partial charge >= 0.3 is 0 Å². The zero-order chi connectivity index (χ0) is 15.6. The summed E-state index contributed by atoms with van der Waals surface area (Å²) in [6.45, 7) is 0.442. The van der Waals surface area contributed by atoms with Crippen LogP contribution in [0.3, 0.4) is 0 Å². The number of aromatic nitrogens is 2. The zero-order valence-corrected chi connectivity index (χ0v) is 12.4. The van der Waals surface area contributed by atoms with Gasteiger partial charge in [-0.3, -0.25) is 0 Å². The van der Waals surface area contributed by atoms with E-state index in [1.807, 2.05) is 0 Å². The van der Waals surface area contributed by atoms with Gasteiger partial charge in [0.05, 0.1) is 12.3 Å². The quantitative estimate of drug-likeness (QED) is 0.823. The van der Waals surface area contributed by atoms with Crippen LogP contribution in [0.15, 0.2) is 28.8 Å². The highest BCUT2D eigenvalue weighted by Crippen LogP contribution is 2.18. The Morgan fingerprint density at radius 2 is 2.18 bits per heavy atom. The third kappa shape index (κ3) is 3.25. The van der Waals surface area contributed by atoms with Crippen LogP contribution in [0.25, 0.3) is 0 Å². The standard InChI is InChI=1S/C13H14FN3O4S/c14-10-4-1-2-5-11(10)20-9-12-15-13(21-16-12)8-17-6-3-7-22(17,18)19/h1-2,4-5H,3,6-9H2. The molecular formula is C13H14FN3O4S. The molecule has 0 amide bonds. The zero-order valence-electron chi connectivity index (χ0n) is 11.6. The van der Waals surface area contributed by atoms with Crippen molar-refractivity contribution in [3.05, 3.63) is 41.8 Å². The first kappa shape index (κ1) is 14.9. The predicted octanol–water partition coefficient (Wildman–Crippen LogP) is 1.32. The summed E-state index contributed by atoms with van der Waals surface area (Å²) in [7, 11) is -3.21. The lowest BCUT2D eigenvalue weighted by Crippen LogP contribution is -2.25. The van der Waals surface area contributed by atoms with Crippen molar-refractivity contribution in [2.45, 2.75) is 19.6 Å². The van der Waals surface area contributed by atoms with E-state index in [1.54, 1.807) is 12.1 Å². The van der Waals surface area contributed by atoms with E-state index in [2.05, 4.69) is 10.1 Å². The molecule has 0 spiro atoms. The SMILES string of the molecule is O=S1(=O)CCCN1Cc1nc(COc2ccccc2F)no1. The first-order valence-electron chi connectivity index (χ1n) is 6.71. The Labute approximate surface area is 126 Å². The van der Waals surface area contributed by atoms with Crippen LogP contribution in [-0.4, -0.2) is 35.2 Å². The molecule has 0 bridgehead atoms. The molecule has 118 valence electrons. The smallest absolute Gasteiger partial charge is 0.242 e. The van der Waals surface area contributed by atoms with Crippen LogP contribution in [-0.2, 0) is 23.2 Å². The van der Waals surface area contributed by atoms with Crippen molar-refractivity contribution in [3.63, 3.8) is 0 Å². The Balaban J connectivity index is 1.61. The Hall–Kier alpha value is -2.00. The van der Waals surface area contributed by atoms with Crippen molar-refractivity contribution in [2.75, 3.05) is 12.3 Å². The monoisotopic (exact) mass is 327 g/mol. The molecule has 2 aromatic rings. The lowest BCUT2D eigenvalue weighted by Gasteiger charge is -2.10. The maximum Gasteiger partial charge on any atom is 0.242 e. The van der Waals surface area contributed by atoms with Crippen LogP contribution < -0.4 is 4.74 Å². The van der Waals surface area contributed by atoms with Crippen molar-refractivity contribution in [1.82, 2.24) is 14.4 Å². The van der Waals surface area contributed by atoms with E-state index >= 15 is 0 Å². The number of hydrogen-bond acceptors (Lipinski definition) is 6. The summed E-state index contributed by atoms with van der Waals surface area (Å²) < 4.78 is 48.3. The average molecular weight is 327 g/mol. The van der Waals surface area contributed by atoms with E-state index in [4.69, 9.17) is 9.26 Å². The van der Waals surface area contributed by atoms with Crippen molar-refractivity contribution < 1.29 is 22.1 Å². The third-order valence-corrected chi connectivity index (χ3v) is 5.12. The Morgan fingerprint density at radius 3 is 2.91 bits per heavy atom. The average Bonchev–Trinajstić information content (AvgIpc) is 3.06. The van der Waals surface area contributed by atoms with E-state index in [9.17, 15) is 12.8 Å². The summed E-state index contributed by atoms with van der Waals surface area (Å²) in [4.78, 5) is 4.05. The van der Waals surface area contributed by atoms with Gasteiger partial charge in [-0.15, -0.1) is 0 Å². The first-order chi connectivity index (χ1) is 10.5. The van der Waals surface area contributed by atoms with Crippen LogP contribution in [0.5, 0.6) is 5.75 Å². The minimum atomic E-state index is -3.21. The molecule has 1 aromatic carbocycles. The van der Waals surface area contributed by atoms with E-state index in [0.29, 0.717) is 13.0 Å². The molecule has 1 aromatic heterocycles. The first-order valence-corrected chi connectivity index (χ1v) is 8.32. The van der Waals surface area contributed by atoms with Gasteiger partial charge in [0.25, 0.3) is 0 Å². The van der Waals surface area contributed by atoms with Gasteiger partial charge in [0, 0.05) is 6.54 Å². The van der Waals surface area contributed by atoms with Crippen LogP contribution in [0.1, 0.15) is 18.1 Å². The Morgan fingerprint density at radius 1 is 1.36 bits per heavy atom. The van der Waals surface area contributed by atoms with E-state index in [-0.39, 0.29) is 36.4 Å². The van der Waals surface area contributed by atoms with Crippen molar-refractivity contribution in [3.8, 4) is 5.75 Å². The minimum Gasteiger partial charge on any atom is -0.482 e. The number of rotatable bonds is 5. The lowest BCUT2D eigenvalue weighted by molar-refractivity contribution is 0.270. The van der Waals surface area contributed by atoms with Crippen LogP contribution in [0.4, 0.5) is 4.39 Å². The molecule has 1 fully saturated rings. The molecule has 22 heavy (non-hydrogen) atoms. The fraction of sp³-hybridized carbons (Fsp3) is 0.385. The summed E-state index contributed by atoms with van der Waals surface area (Å²) in [5, 5.41) is 3.70. The topological polar surface area (TPSA) is 85.5 Å². The number of nitrogens with zero attached hydrogens (tertiary/aromatic N) is 3. The van der Waals surface area contributed by atoms with Crippen LogP contribution in [0, 0.1) is 5.82 Å². The Bertz CT molecular complexity index is 762. The molecular weight excluding hydrogens is 313 g/mol. The predicted molar refractivity (Wildman–Crippen MR) is 73.8 cm³/mol. The molecule has 0 aliphatic carbocycles. The Kier molecular flexibility index (Phi) is 4.08. The molecule has 0 saturated carbocycles. The fourth-order valence-electron chi connectivity index (χ4n) is 2.14. The molecule has 3 rings (SSSR count). The molecule has 0 radical (unpaired) electrons. The van der Waals surface area contributed by atoms with E-state index in [1.165, 1.54) is 16.4 Å². The van der Waals surface area contributed by atoms with Gasteiger partial charge in [-0.2, -0.15) is 9.29 Å². The number of ether oxygens (including phenoxy) is 1. The second kappa shape index (κ2) is 6.01. The summed E-state index contributed by atoms with van der Waals surface area (Å²) in [6.07, 6.45) is 0.597. The fourth-order valence-corrected chi connectivity index (χ4v) is 3.60. The van der Waals surface area contributed by atoms with Crippen molar-refractivity contribution in [2.24, 2.45) is 0 Å². The maximum atomic E-state index is 13.4. The van der Waals surface area contributed by atoms with Gasteiger partial charge in [-0.1, -0.05) is 17.3 Å². The molecule has 9 heteroatoms. The molecule has 1 aliphatic rings. The largest absolute Gasteiger partial charge is 0.482 e. The molecule has 2 heterocycles. The summed E-state index contributed by atoms with van der Waals surface area (Å²) >= 11 is 0. The maximum absolute atomic E-state index is 13.4. The lowest BCUT2D eigenvalue weighted by atomic mass is 10.3. The number of sulfonamides is 1. The molecule has 1 aliphatic heterocycles. The van der Waals surface area contributed by atoms with Crippen LogP contribution >= 0.6 is 0 Å². The van der Waals surface area contributed by atoms with Gasteiger partial charge < -0.3 is 9.26 Å². The minimum absolute atomic E-state index is 0.0506. The van der Waals surface area contributed by atoms with E-state index < -0.39 is 15.8 Å². The van der Waals surface area contributed by atoms with Crippen molar-refractivity contribution in [1.29, 1.82) is 0 Å². The van der Waals surface area contributed by atoms with Gasteiger partial charge in [-0.25, -0.2) is 12.8 Å². The van der Waals surface area contributed by atoms with Gasteiger partial charge in [0.2, 0.25) is 21.7 Å². The highest BCUT2D eigenvalue weighted by molar-refractivity contribution is 7.89. The number of hydrogen-bond donors (Lipinski definition) is 0. The number of benzene rings is 1. The summed E-state index contributed by atoms with van der Waals surface area (Å²) in [6, 6.07) is 5.99. The van der Waals surface area contributed by atoms with E-state index in [0.717, 1.165) is 0 Å². The normalized spacial score (nSPS) is 17.7. The van der Waals surface area contributed by atoms with Crippen LogP contribution in [0.2, 0.25) is 0 Å². The molecule has 0 N–H and O–H groups in total. The second-order valence-corrected chi connectivity index (χ2v) is 6.92. The second-order valence-electron chi connectivity index (χ2n) is 4.83. The molecule has 0 unspecified atom stereocenters. The summed E-state index contributed by atoms with van der Waals surface area (Å²) in [5.41, 5.74) is 0. The molecule has 0 atom stereocenters. The van der Waals surface area contributed by atoms with Gasteiger partial charge in [-0.05, 0) is 18.6 Å². The highest BCUT2D eigenvalue weighted by atomic mass is 32.2. The molecule has 7 nitrogen and oxygen atoms in total. The van der Waals surface area contributed by atoms with Gasteiger partial charge in [0.1, 0.15) is 0 Å². The molecule has 1 saturated heterocycles. The van der Waals surface area contributed by atoms with Gasteiger partial charge in [0.15, 0.2) is 18.2 Å². The highest BCUT2D eigenvalue weighted by Gasteiger charge is 2.29.